The number of hydrogen-bond donors (Lipinski definition) is 0. The highest BCUT2D eigenvalue weighted by molar-refractivity contribution is 5.57. The average Bonchev–Trinajstić information content (AvgIpc) is 2.66. The first kappa shape index (κ1) is 9.77. The van der Waals surface area contributed by atoms with Crippen LogP contribution in [0.3, 0.4) is 0 Å². The molecule has 0 amide bonds. The van der Waals surface area contributed by atoms with Gasteiger partial charge in [-0.15, -0.1) is 0 Å². The lowest BCUT2D eigenvalue weighted by molar-refractivity contribution is 0.411. The summed E-state index contributed by atoms with van der Waals surface area (Å²) >= 11 is 0. The molecule has 0 fully saturated rings. The maximum Gasteiger partial charge on any atom is 0.226 e. The Morgan fingerprint density at radius 1 is 1.27 bits per heavy atom. The molecule has 0 unspecified atom stereocenters. The van der Waals surface area contributed by atoms with Gasteiger partial charge in [-0.25, -0.2) is 4.98 Å². The predicted octanol–water partition coefficient (Wildman–Crippen LogP) is 2.97. The number of aryl methyl sites for hydroxylation is 2. The summed E-state index contributed by atoms with van der Waals surface area (Å²) in [6.45, 7) is 3.88. The fraction of sp³-hybridized carbons (Fsp3) is 0.250. The first-order chi connectivity index (χ1) is 7.20. The zero-order valence-corrected chi connectivity index (χ0v) is 9.07. The maximum atomic E-state index is 5.44. The van der Waals surface area contributed by atoms with Crippen LogP contribution in [0.5, 0.6) is 5.75 Å². The van der Waals surface area contributed by atoms with Crippen molar-refractivity contribution in [3.05, 3.63) is 35.7 Å². The zero-order chi connectivity index (χ0) is 10.8. The second-order valence-corrected chi connectivity index (χ2v) is 3.46. The molecular formula is C12H13NO2. The van der Waals surface area contributed by atoms with Crippen molar-refractivity contribution in [2.45, 2.75) is 13.8 Å². The quantitative estimate of drug-likeness (QED) is 0.752. The molecule has 1 heterocycles. The van der Waals surface area contributed by atoms with Gasteiger partial charge in [0.15, 0.2) is 0 Å². The van der Waals surface area contributed by atoms with Crippen LogP contribution >= 0.6 is 0 Å². The molecular weight excluding hydrogens is 190 g/mol. The Bertz CT molecular complexity index is 474. The third-order valence-electron chi connectivity index (χ3n) is 2.28. The van der Waals surface area contributed by atoms with Crippen LogP contribution in [0.25, 0.3) is 11.5 Å². The van der Waals surface area contributed by atoms with E-state index in [1.54, 1.807) is 13.3 Å². The number of nitrogens with zero attached hydrogens (tertiary/aromatic N) is 1. The normalized spacial score (nSPS) is 10.3. The first-order valence-corrected chi connectivity index (χ1v) is 4.78. The Labute approximate surface area is 88.7 Å². The summed E-state index contributed by atoms with van der Waals surface area (Å²) in [5.74, 6) is 2.29. The minimum absolute atomic E-state index is 0.630. The number of oxazole rings is 1. The van der Waals surface area contributed by atoms with Crippen LogP contribution in [0, 0.1) is 13.8 Å². The van der Waals surface area contributed by atoms with E-state index < -0.39 is 0 Å². The number of rotatable bonds is 2. The van der Waals surface area contributed by atoms with Gasteiger partial charge in [-0.1, -0.05) is 6.07 Å². The van der Waals surface area contributed by atoms with Gasteiger partial charge < -0.3 is 9.15 Å². The van der Waals surface area contributed by atoms with E-state index in [1.165, 1.54) is 0 Å². The van der Waals surface area contributed by atoms with E-state index in [1.807, 2.05) is 32.0 Å². The van der Waals surface area contributed by atoms with E-state index in [-0.39, 0.29) is 0 Å². The van der Waals surface area contributed by atoms with Gasteiger partial charge >= 0.3 is 0 Å². The van der Waals surface area contributed by atoms with Gasteiger partial charge in [-0.2, -0.15) is 0 Å². The topological polar surface area (TPSA) is 35.3 Å². The Hall–Kier alpha value is -1.77. The van der Waals surface area contributed by atoms with Crippen LogP contribution < -0.4 is 4.74 Å². The lowest BCUT2D eigenvalue weighted by Crippen LogP contribution is -1.87. The lowest BCUT2D eigenvalue weighted by Gasteiger charge is -2.05. The summed E-state index contributed by atoms with van der Waals surface area (Å²) < 4.78 is 10.7. The fourth-order valence-corrected chi connectivity index (χ4v) is 1.44. The van der Waals surface area contributed by atoms with Gasteiger partial charge in [0.25, 0.3) is 0 Å². The van der Waals surface area contributed by atoms with E-state index in [0.29, 0.717) is 5.89 Å². The summed E-state index contributed by atoms with van der Waals surface area (Å²) in [5, 5.41) is 0. The Morgan fingerprint density at radius 3 is 2.67 bits per heavy atom. The predicted molar refractivity (Wildman–Crippen MR) is 58.0 cm³/mol. The summed E-state index contributed by atoms with van der Waals surface area (Å²) in [6.07, 6.45) is 1.71. The van der Waals surface area contributed by atoms with Crippen molar-refractivity contribution in [2.24, 2.45) is 0 Å². The smallest absolute Gasteiger partial charge is 0.226 e. The molecule has 0 aliphatic heterocycles. The first-order valence-electron chi connectivity index (χ1n) is 4.78. The van der Waals surface area contributed by atoms with Crippen molar-refractivity contribution in [1.82, 2.24) is 4.98 Å². The van der Waals surface area contributed by atoms with Crippen LogP contribution in [0.4, 0.5) is 0 Å². The number of methoxy groups -OCH3 is 1. The molecule has 0 N–H and O–H groups in total. The molecule has 0 radical (unpaired) electrons. The molecule has 15 heavy (non-hydrogen) atoms. The molecule has 2 rings (SSSR count). The molecule has 0 bridgehead atoms. The fourth-order valence-electron chi connectivity index (χ4n) is 1.44. The highest BCUT2D eigenvalue weighted by Gasteiger charge is 2.06. The molecule has 0 spiro atoms. The third kappa shape index (κ3) is 1.86. The molecule has 3 nitrogen and oxygen atoms in total. The zero-order valence-electron chi connectivity index (χ0n) is 9.07. The molecule has 78 valence electrons. The number of ether oxygens (including phenoxy) is 1. The minimum atomic E-state index is 0.630. The standard InChI is InChI=1S/C12H13NO2/c1-8-4-5-10(6-11(8)14-3)12-13-7-9(2)15-12/h4-7H,1-3H3. The summed E-state index contributed by atoms with van der Waals surface area (Å²) in [7, 11) is 1.66. The van der Waals surface area contributed by atoms with Crippen LogP contribution in [0.1, 0.15) is 11.3 Å². The van der Waals surface area contributed by atoms with Gasteiger partial charge in [-0.05, 0) is 31.5 Å². The molecule has 0 saturated heterocycles. The Balaban J connectivity index is 2.45. The molecule has 0 aliphatic carbocycles. The number of hydrogen-bond acceptors (Lipinski definition) is 3. The van der Waals surface area contributed by atoms with Gasteiger partial charge in [0.2, 0.25) is 5.89 Å². The van der Waals surface area contributed by atoms with Crippen molar-refractivity contribution in [2.75, 3.05) is 7.11 Å². The van der Waals surface area contributed by atoms with E-state index in [0.717, 1.165) is 22.6 Å². The summed E-state index contributed by atoms with van der Waals surface area (Å²) in [6, 6.07) is 5.90. The monoisotopic (exact) mass is 203 g/mol. The largest absolute Gasteiger partial charge is 0.496 e. The van der Waals surface area contributed by atoms with E-state index in [4.69, 9.17) is 9.15 Å². The molecule has 0 atom stereocenters. The van der Waals surface area contributed by atoms with Crippen molar-refractivity contribution in [3.8, 4) is 17.2 Å². The minimum Gasteiger partial charge on any atom is -0.496 e. The number of benzene rings is 1. The molecule has 0 aliphatic rings. The summed E-state index contributed by atoms with van der Waals surface area (Å²) in [5.41, 5.74) is 2.04. The van der Waals surface area contributed by atoms with Crippen molar-refractivity contribution >= 4 is 0 Å². The molecule has 0 saturated carbocycles. The van der Waals surface area contributed by atoms with Crippen LogP contribution in [0.2, 0.25) is 0 Å². The van der Waals surface area contributed by atoms with Crippen LogP contribution in [-0.2, 0) is 0 Å². The second-order valence-electron chi connectivity index (χ2n) is 3.46. The highest BCUT2D eigenvalue weighted by atomic mass is 16.5. The van der Waals surface area contributed by atoms with Crippen LogP contribution in [-0.4, -0.2) is 12.1 Å². The van der Waals surface area contributed by atoms with Crippen molar-refractivity contribution < 1.29 is 9.15 Å². The van der Waals surface area contributed by atoms with Crippen molar-refractivity contribution in [3.63, 3.8) is 0 Å². The Kier molecular flexibility index (Phi) is 2.46. The third-order valence-corrected chi connectivity index (χ3v) is 2.28. The van der Waals surface area contributed by atoms with E-state index in [2.05, 4.69) is 4.98 Å². The Morgan fingerprint density at radius 2 is 2.07 bits per heavy atom. The SMILES string of the molecule is COc1cc(-c2ncc(C)o2)ccc1C. The molecule has 1 aromatic heterocycles. The number of aromatic nitrogens is 1. The molecule has 2 aromatic rings. The van der Waals surface area contributed by atoms with Gasteiger partial charge in [0, 0.05) is 5.56 Å². The maximum absolute atomic E-state index is 5.44. The van der Waals surface area contributed by atoms with Gasteiger partial charge in [0.1, 0.15) is 11.5 Å². The van der Waals surface area contributed by atoms with E-state index >= 15 is 0 Å². The lowest BCUT2D eigenvalue weighted by atomic mass is 10.1. The van der Waals surface area contributed by atoms with E-state index in [9.17, 15) is 0 Å². The van der Waals surface area contributed by atoms with Crippen LogP contribution in [0.15, 0.2) is 28.8 Å². The van der Waals surface area contributed by atoms with Gasteiger partial charge in [0.05, 0.1) is 13.3 Å². The van der Waals surface area contributed by atoms with Crippen molar-refractivity contribution in [1.29, 1.82) is 0 Å². The summed E-state index contributed by atoms with van der Waals surface area (Å²) in [4.78, 5) is 4.17. The van der Waals surface area contributed by atoms with Gasteiger partial charge in [-0.3, -0.25) is 0 Å². The molecule has 1 aromatic carbocycles. The molecule has 3 heteroatoms. The second kappa shape index (κ2) is 3.77. The highest BCUT2D eigenvalue weighted by Crippen LogP contribution is 2.26. The average molecular weight is 203 g/mol.